The van der Waals surface area contributed by atoms with Gasteiger partial charge < -0.3 is 14.0 Å². The number of fused-ring (bicyclic) bond motifs is 1. The maximum Gasteiger partial charge on any atom is 0.338 e. The van der Waals surface area contributed by atoms with Crippen LogP contribution in [0.5, 0.6) is 5.75 Å². The molecule has 0 saturated carbocycles. The zero-order valence-corrected chi connectivity index (χ0v) is 16.5. The Labute approximate surface area is 173 Å². The number of rotatable bonds is 5. The molecule has 0 aliphatic rings. The molecule has 0 aliphatic carbocycles. The highest BCUT2D eigenvalue weighted by Crippen LogP contribution is 2.31. The quantitative estimate of drug-likeness (QED) is 0.469. The molecule has 0 amide bonds. The number of nitrogens with zero attached hydrogens (tertiary/aromatic N) is 4. The van der Waals surface area contributed by atoms with Crippen molar-refractivity contribution in [1.82, 2.24) is 14.5 Å². The fourth-order valence-electron chi connectivity index (χ4n) is 3.28. The van der Waals surface area contributed by atoms with Gasteiger partial charge in [-0.25, -0.2) is 14.8 Å². The normalized spacial score (nSPS) is 10.6. The summed E-state index contributed by atoms with van der Waals surface area (Å²) in [7, 11) is 1.61. The van der Waals surface area contributed by atoms with Crippen molar-refractivity contribution in [2.24, 2.45) is 0 Å². The van der Waals surface area contributed by atoms with E-state index >= 15 is 0 Å². The molecule has 2 aromatic heterocycles. The van der Waals surface area contributed by atoms with Gasteiger partial charge in [-0.2, -0.15) is 5.26 Å². The topological polar surface area (TPSA) is 90.0 Å². The van der Waals surface area contributed by atoms with Crippen molar-refractivity contribution in [3.8, 4) is 28.8 Å². The van der Waals surface area contributed by atoms with Crippen molar-refractivity contribution in [1.29, 1.82) is 5.26 Å². The van der Waals surface area contributed by atoms with E-state index in [1.54, 1.807) is 44.5 Å². The zero-order valence-electron chi connectivity index (χ0n) is 16.5. The SMILES string of the molecule is CCOC(=O)c1ccc(-n2cc(C#N)c3ncnc(-c4ccc(OC)cc4)c32)cc1. The molecule has 0 aliphatic heterocycles. The van der Waals surface area contributed by atoms with Crippen LogP contribution in [0.15, 0.2) is 61.1 Å². The number of methoxy groups -OCH3 is 1. The van der Waals surface area contributed by atoms with Crippen LogP contribution in [-0.4, -0.2) is 34.2 Å². The van der Waals surface area contributed by atoms with Gasteiger partial charge in [0.1, 0.15) is 23.7 Å². The molecule has 4 aromatic rings. The monoisotopic (exact) mass is 398 g/mol. The lowest BCUT2D eigenvalue weighted by Gasteiger charge is -2.10. The largest absolute Gasteiger partial charge is 0.497 e. The van der Waals surface area contributed by atoms with E-state index in [0.717, 1.165) is 17.0 Å². The van der Waals surface area contributed by atoms with Gasteiger partial charge in [-0.1, -0.05) is 0 Å². The molecule has 0 saturated heterocycles. The highest BCUT2D eigenvalue weighted by Gasteiger charge is 2.17. The summed E-state index contributed by atoms with van der Waals surface area (Å²) in [6.07, 6.45) is 3.18. The number of aromatic nitrogens is 3. The van der Waals surface area contributed by atoms with Crippen LogP contribution in [0.3, 0.4) is 0 Å². The van der Waals surface area contributed by atoms with Gasteiger partial charge in [-0.3, -0.25) is 0 Å². The summed E-state index contributed by atoms with van der Waals surface area (Å²) in [5, 5.41) is 9.60. The lowest BCUT2D eigenvalue weighted by atomic mass is 10.1. The molecule has 0 unspecified atom stereocenters. The minimum absolute atomic E-state index is 0.316. The molecule has 0 radical (unpaired) electrons. The van der Waals surface area contributed by atoms with Crippen LogP contribution in [0.4, 0.5) is 0 Å². The van der Waals surface area contributed by atoms with Gasteiger partial charge in [0.2, 0.25) is 0 Å². The summed E-state index contributed by atoms with van der Waals surface area (Å²) in [5.74, 6) is 0.369. The number of carbonyl (C=O) groups is 1. The predicted octanol–water partition coefficient (Wildman–Crippen LogP) is 4.14. The molecule has 148 valence electrons. The molecule has 7 heteroatoms. The molecule has 0 bridgehead atoms. The first-order valence-corrected chi connectivity index (χ1v) is 9.34. The first-order valence-electron chi connectivity index (χ1n) is 9.34. The van der Waals surface area contributed by atoms with Crippen molar-refractivity contribution >= 4 is 17.0 Å². The molecule has 2 heterocycles. The maximum absolute atomic E-state index is 11.9. The van der Waals surface area contributed by atoms with Gasteiger partial charge in [-0.05, 0) is 55.5 Å². The number of esters is 1. The molecule has 0 N–H and O–H groups in total. The van der Waals surface area contributed by atoms with E-state index in [9.17, 15) is 10.1 Å². The molecular weight excluding hydrogens is 380 g/mol. The number of hydrogen-bond acceptors (Lipinski definition) is 6. The van der Waals surface area contributed by atoms with E-state index in [2.05, 4.69) is 16.0 Å². The van der Waals surface area contributed by atoms with Crippen LogP contribution in [0.25, 0.3) is 28.0 Å². The minimum Gasteiger partial charge on any atom is -0.497 e. The van der Waals surface area contributed by atoms with E-state index in [1.807, 2.05) is 28.8 Å². The summed E-state index contributed by atoms with van der Waals surface area (Å²) in [6, 6.07) is 16.7. The van der Waals surface area contributed by atoms with Crippen LogP contribution >= 0.6 is 0 Å². The molecule has 30 heavy (non-hydrogen) atoms. The standard InChI is InChI=1S/C23H18N4O3/c1-3-30-23(28)16-4-8-18(9-5-16)27-13-17(12-24)21-22(27)20(25-14-26-21)15-6-10-19(29-2)11-7-15/h4-11,13-14H,3H2,1-2H3. The van der Waals surface area contributed by atoms with Crippen molar-refractivity contribution in [2.75, 3.05) is 13.7 Å². The smallest absolute Gasteiger partial charge is 0.338 e. The number of carbonyl (C=O) groups excluding carboxylic acids is 1. The Kier molecular flexibility index (Phi) is 5.14. The molecule has 2 aromatic carbocycles. The Morgan fingerprint density at radius 1 is 1.10 bits per heavy atom. The molecule has 0 atom stereocenters. The summed E-state index contributed by atoms with van der Waals surface area (Å²) in [4.78, 5) is 20.8. The fraction of sp³-hybridized carbons (Fsp3) is 0.130. The van der Waals surface area contributed by atoms with Crippen LogP contribution in [0, 0.1) is 11.3 Å². The predicted molar refractivity (Wildman–Crippen MR) is 112 cm³/mol. The summed E-state index contributed by atoms with van der Waals surface area (Å²) >= 11 is 0. The molecule has 0 spiro atoms. The van der Waals surface area contributed by atoms with Crippen LogP contribution in [0.2, 0.25) is 0 Å². The van der Waals surface area contributed by atoms with Gasteiger partial charge in [0.15, 0.2) is 0 Å². The van der Waals surface area contributed by atoms with Crippen molar-refractivity contribution in [3.05, 3.63) is 72.2 Å². The molecule has 4 rings (SSSR count). The van der Waals surface area contributed by atoms with Gasteiger partial charge in [0.25, 0.3) is 0 Å². The maximum atomic E-state index is 11.9. The Balaban J connectivity index is 1.88. The third-order valence-electron chi connectivity index (χ3n) is 4.72. The fourth-order valence-corrected chi connectivity index (χ4v) is 3.28. The summed E-state index contributed by atoms with van der Waals surface area (Å²) < 4.78 is 12.1. The Morgan fingerprint density at radius 2 is 1.83 bits per heavy atom. The summed E-state index contributed by atoms with van der Waals surface area (Å²) in [6.45, 7) is 2.08. The average Bonchev–Trinajstić information content (AvgIpc) is 3.18. The van der Waals surface area contributed by atoms with Crippen LogP contribution in [0.1, 0.15) is 22.8 Å². The number of hydrogen-bond donors (Lipinski definition) is 0. The van der Waals surface area contributed by atoms with Crippen molar-refractivity contribution < 1.29 is 14.3 Å². The summed E-state index contributed by atoms with van der Waals surface area (Å²) in [5.41, 5.74) is 4.52. The number of ether oxygens (including phenoxy) is 2. The molecule has 7 nitrogen and oxygen atoms in total. The van der Waals surface area contributed by atoms with E-state index in [-0.39, 0.29) is 5.97 Å². The second kappa shape index (κ2) is 8.05. The zero-order chi connectivity index (χ0) is 21.1. The number of benzene rings is 2. The second-order valence-electron chi connectivity index (χ2n) is 6.44. The minimum atomic E-state index is -0.374. The Morgan fingerprint density at radius 3 is 2.47 bits per heavy atom. The first-order chi connectivity index (χ1) is 14.7. The van der Waals surface area contributed by atoms with Crippen LogP contribution in [-0.2, 0) is 4.74 Å². The van der Waals surface area contributed by atoms with Crippen LogP contribution < -0.4 is 4.74 Å². The average molecular weight is 398 g/mol. The third-order valence-corrected chi connectivity index (χ3v) is 4.72. The highest BCUT2D eigenvalue weighted by atomic mass is 16.5. The van der Waals surface area contributed by atoms with Gasteiger partial charge in [-0.15, -0.1) is 0 Å². The molecular formula is C23H18N4O3. The third kappa shape index (κ3) is 3.35. The molecule has 0 fully saturated rings. The lowest BCUT2D eigenvalue weighted by molar-refractivity contribution is 0.0526. The number of nitriles is 1. The lowest BCUT2D eigenvalue weighted by Crippen LogP contribution is -2.04. The first kappa shape index (κ1) is 19.2. The Hall–Kier alpha value is -4.18. The van der Waals surface area contributed by atoms with Crippen molar-refractivity contribution in [2.45, 2.75) is 6.92 Å². The highest BCUT2D eigenvalue weighted by molar-refractivity contribution is 5.95. The van der Waals surface area contributed by atoms with E-state index in [4.69, 9.17) is 9.47 Å². The van der Waals surface area contributed by atoms with E-state index in [0.29, 0.717) is 34.5 Å². The second-order valence-corrected chi connectivity index (χ2v) is 6.44. The van der Waals surface area contributed by atoms with E-state index < -0.39 is 0 Å². The van der Waals surface area contributed by atoms with E-state index in [1.165, 1.54) is 6.33 Å². The van der Waals surface area contributed by atoms with Crippen molar-refractivity contribution in [3.63, 3.8) is 0 Å². The van der Waals surface area contributed by atoms with Gasteiger partial charge >= 0.3 is 5.97 Å². The van der Waals surface area contributed by atoms with Gasteiger partial charge in [0, 0.05) is 17.4 Å². The van der Waals surface area contributed by atoms with Gasteiger partial charge in [0.05, 0.1) is 36.1 Å². The Bertz CT molecular complexity index is 1250.